The van der Waals surface area contributed by atoms with Crippen molar-refractivity contribution in [2.24, 2.45) is 5.92 Å². The summed E-state index contributed by atoms with van der Waals surface area (Å²) in [5, 5.41) is 3.30. The molecular weight excluding hydrogens is 300 g/mol. The van der Waals surface area contributed by atoms with E-state index in [4.69, 9.17) is 0 Å². The molecule has 1 aliphatic carbocycles. The maximum Gasteiger partial charge on any atom is 0.317 e. The number of likely N-dealkylation sites (tertiary alicyclic amines) is 2. The van der Waals surface area contributed by atoms with Gasteiger partial charge in [-0.1, -0.05) is 12.8 Å². The number of amides is 2. The molecule has 1 atom stereocenters. The summed E-state index contributed by atoms with van der Waals surface area (Å²) in [6.45, 7) is 5.39. The summed E-state index contributed by atoms with van der Waals surface area (Å²) >= 11 is 0. The number of hydrogen-bond acceptors (Lipinski definition) is 3. The molecule has 0 aromatic carbocycles. The van der Waals surface area contributed by atoms with Gasteiger partial charge in [0.2, 0.25) is 0 Å². The number of likely N-dealkylation sites (N-methyl/N-ethyl adjacent to an activating group) is 1. The van der Waals surface area contributed by atoms with E-state index in [1.807, 2.05) is 4.90 Å². The third-order valence-electron chi connectivity index (χ3n) is 6.32. The zero-order valence-electron chi connectivity index (χ0n) is 15.7. The standard InChI is InChI=1S/C19H36N4O/c1-21(2)18-8-5-11-23(15-18)19(24)20-17-9-12-22(13-10-17)14-16-6-3-4-7-16/h16-18H,3-15H2,1-2H3,(H,20,24)/t18-/m0/s1. The Hall–Kier alpha value is -0.810. The van der Waals surface area contributed by atoms with Crippen LogP contribution in [0, 0.1) is 5.92 Å². The summed E-state index contributed by atoms with van der Waals surface area (Å²) < 4.78 is 0. The van der Waals surface area contributed by atoms with Crippen LogP contribution >= 0.6 is 0 Å². The highest BCUT2D eigenvalue weighted by atomic mass is 16.2. The van der Waals surface area contributed by atoms with E-state index >= 15 is 0 Å². The lowest BCUT2D eigenvalue weighted by Crippen LogP contribution is -2.54. The van der Waals surface area contributed by atoms with Gasteiger partial charge in [-0.3, -0.25) is 0 Å². The van der Waals surface area contributed by atoms with Crippen molar-refractivity contribution >= 4 is 6.03 Å². The van der Waals surface area contributed by atoms with Crippen molar-refractivity contribution in [2.45, 2.75) is 63.5 Å². The molecule has 0 aromatic rings. The van der Waals surface area contributed by atoms with Crippen molar-refractivity contribution in [1.29, 1.82) is 0 Å². The van der Waals surface area contributed by atoms with Gasteiger partial charge in [0.05, 0.1) is 0 Å². The largest absolute Gasteiger partial charge is 0.335 e. The van der Waals surface area contributed by atoms with Crippen LogP contribution in [0.3, 0.4) is 0 Å². The lowest BCUT2D eigenvalue weighted by molar-refractivity contribution is 0.130. The topological polar surface area (TPSA) is 38.8 Å². The van der Waals surface area contributed by atoms with Crippen LogP contribution in [-0.2, 0) is 0 Å². The number of carbonyl (C=O) groups is 1. The number of nitrogens with one attached hydrogen (secondary N) is 1. The lowest BCUT2D eigenvalue weighted by atomic mass is 10.0. The van der Waals surface area contributed by atoms with Gasteiger partial charge in [0.1, 0.15) is 0 Å². The first-order valence-corrected chi connectivity index (χ1v) is 10.1. The summed E-state index contributed by atoms with van der Waals surface area (Å²) in [7, 11) is 4.23. The predicted molar refractivity (Wildman–Crippen MR) is 98.2 cm³/mol. The Balaban J connectivity index is 1.38. The van der Waals surface area contributed by atoms with Gasteiger partial charge < -0.3 is 20.0 Å². The van der Waals surface area contributed by atoms with Gasteiger partial charge in [0.25, 0.3) is 0 Å². The van der Waals surface area contributed by atoms with E-state index in [1.54, 1.807) is 0 Å². The van der Waals surface area contributed by atoms with Gasteiger partial charge in [0.15, 0.2) is 0 Å². The number of rotatable bonds is 4. The molecule has 0 aromatic heterocycles. The third kappa shape index (κ3) is 4.85. The summed E-state index contributed by atoms with van der Waals surface area (Å²) in [6, 6.07) is 1.05. The first kappa shape index (κ1) is 18.0. The van der Waals surface area contributed by atoms with Gasteiger partial charge in [-0.2, -0.15) is 0 Å². The SMILES string of the molecule is CN(C)[C@H]1CCCN(C(=O)NC2CCN(CC3CCCC3)CC2)C1. The van der Waals surface area contributed by atoms with Crippen molar-refractivity contribution < 1.29 is 4.79 Å². The normalized spacial score (nSPS) is 27.8. The number of carbonyl (C=O) groups excluding carboxylic acids is 1. The van der Waals surface area contributed by atoms with Crippen LogP contribution in [0.5, 0.6) is 0 Å². The Bertz CT molecular complexity index is 400. The van der Waals surface area contributed by atoms with Gasteiger partial charge in [-0.25, -0.2) is 4.79 Å². The first-order chi connectivity index (χ1) is 11.6. The smallest absolute Gasteiger partial charge is 0.317 e. The average Bonchev–Trinajstić information content (AvgIpc) is 3.10. The zero-order chi connectivity index (χ0) is 16.9. The maximum atomic E-state index is 12.6. The number of urea groups is 1. The molecule has 0 bridgehead atoms. The molecule has 0 unspecified atom stereocenters. The van der Waals surface area contributed by atoms with Crippen LogP contribution in [-0.4, -0.2) is 79.6 Å². The first-order valence-electron chi connectivity index (χ1n) is 10.1. The second-order valence-corrected chi connectivity index (χ2v) is 8.38. The molecule has 5 nitrogen and oxygen atoms in total. The highest BCUT2D eigenvalue weighted by Gasteiger charge is 2.28. The molecule has 2 saturated heterocycles. The van der Waals surface area contributed by atoms with Gasteiger partial charge in [0, 0.05) is 44.8 Å². The van der Waals surface area contributed by atoms with Crippen molar-refractivity contribution in [1.82, 2.24) is 20.0 Å². The Morgan fingerprint density at radius 2 is 1.71 bits per heavy atom. The van der Waals surface area contributed by atoms with Crippen LogP contribution in [0.15, 0.2) is 0 Å². The van der Waals surface area contributed by atoms with E-state index < -0.39 is 0 Å². The third-order valence-corrected chi connectivity index (χ3v) is 6.32. The summed E-state index contributed by atoms with van der Waals surface area (Å²) in [4.78, 5) is 19.5. The fraction of sp³-hybridized carbons (Fsp3) is 0.947. The van der Waals surface area contributed by atoms with Gasteiger partial charge in [-0.05, 0) is 58.5 Å². The molecule has 0 spiro atoms. The van der Waals surface area contributed by atoms with E-state index in [0.29, 0.717) is 12.1 Å². The van der Waals surface area contributed by atoms with Crippen LogP contribution in [0.1, 0.15) is 51.4 Å². The molecule has 2 heterocycles. The number of hydrogen-bond donors (Lipinski definition) is 1. The summed E-state index contributed by atoms with van der Waals surface area (Å²) in [5.41, 5.74) is 0. The highest BCUT2D eigenvalue weighted by Crippen LogP contribution is 2.26. The molecule has 2 amide bonds. The monoisotopic (exact) mass is 336 g/mol. The minimum atomic E-state index is 0.163. The van der Waals surface area contributed by atoms with Crippen molar-refractivity contribution in [3.63, 3.8) is 0 Å². The predicted octanol–water partition coefficient (Wildman–Crippen LogP) is 2.38. The van der Waals surface area contributed by atoms with Crippen LogP contribution in [0.4, 0.5) is 4.79 Å². The van der Waals surface area contributed by atoms with Crippen molar-refractivity contribution in [3.05, 3.63) is 0 Å². The Morgan fingerprint density at radius 1 is 1.00 bits per heavy atom. The van der Waals surface area contributed by atoms with Crippen LogP contribution in [0.25, 0.3) is 0 Å². The van der Waals surface area contributed by atoms with E-state index in [9.17, 15) is 4.79 Å². The average molecular weight is 337 g/mol. The van der Waals surface area contributed by atoms with E-state index in [1.165, 1.54) is 38.6 Å². The van der Waals surface area contributed by atoms with E-state index in [2.05, 4.69) is 29.2 Å². The Labute approximate surface area is 147 Å². The molecular formula is C19H36N4O. The fourth-order valence-corrected chi connectivity index (χ4v) is 4.64. The minimum absolute atomic E-state index is 0.163. The molecule has 3 fully saturated rings. The fourth-order valence-electron chi connectivity index (χ4n) is 4.64. The van der Waals surface area contributed by atoms with Crippen molar-refractivity contribution in [2.75, 3.05) is 46.8 Å². The number of nitrogens with zero attached hydrogens (tertiary/aromatic N) is 3. The molecule has 1 saturated carbocycles. The Morgan fingerprint density at radius 3 is 2.38 bits per heavy atom. The second-order valence-electron chi connectivity index (χ2n) is 8.38. The second kappa shape index (κ2) is 8.52. The maximum absolute atomic E-state index is 12.6. The zero-order valence-corrected chi connectivity index (χ0v) is 15.7. The van der Waals surface area contributed by atoms with Crippen LogP contribution in [0.2, 0.25) is 0 Å². The molecule has 0 radical (unpaired) electrons. The highest BCUT2D eigenvalue weighted by molar-refractivity contribution is 5.74. The molecule has 138 valence electrons. The van der Waals surface area contributed by atoms with Crippen LogP contribution < -0.4 is 5.32 Å². The molecule has 1 N–H and O–H groups in total. The van der Waals surface area contributed by atoms with E-state index in [-0.39, 0.29) is 6.03 Å². The molecule has 3 aliphatic rings. The summed E-state index contributed by atoms with van der Waals surface area (Å²) in [5.74, 6) is 0.937. The number of piperidine rings is 2. The van der Waals surface area contributed by atoms with Gasteiger partial charge >= 0.3 is 6.03 Å². The lowest BCUT2D eigenvalue weighted by Gasteiger charge is -2.38. The Kier molecular flexibility index (Phi) is 6.39. The summed E-state index contributed by atoms with van der Waals surface area (Å²) in [6.07, 6.45) is 10.3. The molecule has 24 heavy (non-hydrogen) atoms. The van der Waals surface area contributed by atoms with Gasteiger partial charge in [-0.15, -0.1) is 0 Å². The minimum Gasteiger partial charge on any atom is -0.335 e. The molecule has 2 aliphatic heterocycles. The quantitative estimate of drug-likeness (QED) is 0.857. The van der Waals surface area contributed by atoms with E-state index in [0.717, 1.165) is 51.4 Å². The molecule has 3 rings (SSSR count). The van der Waals surface area contributed by atoms with Crippen molar-refractivity contribution in [3.8, 4) is 0 Å². The molecule has 5 heteroatoms.